The van der Waals surface area contributed by atoms with E-state index in [0.29, 0.717) is 23.9 Å². The molecule has 3 atom stereocenters. The number of hydrogen-bond acceptors (Lipinski definition) is 5. The molecule has 8 heteroatoms. The lowest BCUT2D eigenvalue weighted by Crippen LogP contribution is -2.38. The van der Waals surface area contributed by atoms with E-state index in [1.54, 1.807) is 0 Å². The number of fused-ring (bicyclic) bond motifs is 7. The second-order valence-electron chi connectivity index (χ2n) is 21.4. The van der Waals surface area contributed by atoms with Gasteiger partial charge in [0.2, 0.25) is 0 Å². The number of para-hydroxylation sites is 3. The van der Waals surface area contributed by atoms with Crippen molar-refractivity contribution in [3.63, 3.8) is 0 Å². The number of hydrogen-bond donors (Lipinski definition) is 1. The van der Waals surface area contributed by atoms with E-state index in [1.165, 1.54) is 66.7 Å². The van der Waals surface area contributed by atoms with Crippen LogP contribution < -0.4 is 5.32 Å². The standard InChI is InChI=1S/C72H57N8/c1-6-22-47(23-7-1)48-38-40-52(41-39-48)69-74-70(78-71(75-69)58-34-17-16-32-55(58)49-24-8-2-9-25-49)53-42-44-63(60(46-53)72-76-67(50-26-10-3-11-27-50)73-68(77-72)51-28-12-4-13-29-51)80-61-36-20-18-33-56(61)57-43-45-64-65(66(57)80)59-35-19-21-37-62(59)79(64)54-30-14-5-15-31-54/h1-12,14-28,30-38,40,42,46,63,69,71H,13,29,39,41,43-45H2,(H,74,78)/q-1. The van der Waals surface area contributed by atoms with Crippen LogP contribution in [0.25, 0.3) is 83.3 Å². The van der Waals surface area contributed by atoms with Crippen molar-refractivity contribution in [1.82, 2.24) is 29.4 Å². The fourth-order valence-corrected chi connectivity index (χ4v) is 12.9. The van der Waals surface area contributed by atoms with E-state index in [2.05, 4.69) is 245 Å². The first-order valence-corrected chi connectivity index (χ1v) is 28.2. The van der Waals surface area contributed by atoms with E-state index in [4.69, 9.17) is 25.3 Å². The normalized spacial score (nSPS) is 18.7. The zero-order valence-corrected chi connectivity index (χ0v) is 44.3. The van der Waals surface area contributed by atoms with Gasteiger partial charge >= 0.3 is 0 Å². The molecule has 10 aromatic rings. The third-order valence-corrected chi connectivity index (χ3v) is 16.7. The summed E-state index contributed by atoms with van der Waals surface area (Å²) in [6.07, 6.45) is 21.1. The van der Waals surface area contributed by atoms with Crippen molar-refractivity contribution in [2.75, 3.05) is 0 Å². The Morgan fingerprint density at radius 3 is 1.98 bits per heavy atom. The predicted molar refractivity (Wildman–Crippen MR) is 327 cm³/mol. The lowest BCUT2D eigenvalue weighted by atomic mass is 9.89. The van der Waals surface area contributed by atoms with Crippen molar-refractivity contribution >= 4 is 44.4 Å². The summed E-state index contributed by atoms with van der Waals surface area (Å²) in [5.41, 5.74) is 20.1. The molecule has 0 bridgehead atoms. The molecule has 3 aromatic heterocycles. The van der Waals surface area contributed by atoms with Crippen molar-refractivity contribution in [3.8, 4) is 39.5 Å². The molecule has 3 unspecified atom stereocenters. The molecule has 0 fully saturated rings. The number of aryl methyl sites for hydroxylation is 1. The number of amidine groups is 1. The molecule has 1 aliphatic heterocycles. The van der Waals surface area contributed by atoms with E-state index in [-0.39, 0.29) is 12.2 Å². The van der Waals surface area contributed by atoms with Crippen LogP contribution in [-0.2, 0) is 12.8 Å². The zero-order valence-electron chi connectivity index (χ0n) is 44.3. The number of aromatic nitrogens is 5. The molecule has 5 aliphatic rings. The minimum Gasteiger partial charge on any atom is -0.613 e. The molecule has 15 rings (SSSR count). The Bertz CT molecular complexity index is 4270. The SMILES string of the molecule is C1=CCCC(c2nc(C3=CC(C4=NC(C5=CC=C(c6ccccc6)CC5)[N-]C(c5ccccc5-c5ccccc5)N4)=CCC3n3c4c(c5ccccc53)CCc3c-4c4ccccc4n3-c3ccccc3)nc(-c3ccccc3)n2)=C1. The van der Waals surface area contributed by atoms with Gasteiger partial charge in [0.15, 0.2) is 17.5 Å². The lowest BCUT2D eigenvalue weighted by Gasteiger charge is -2.46. The monoisotopic (exact) mass is 1030 g/mol. The predicted octanol–water partition coefficient (Wildman–Crippen LogP) is 16.8. The molecule has 1 N–H and O–H groups in total. The number of nitrogens with zero attached hydrogens (tertiary/aromatic N) is 7. The summed E-state index contributed by atoms with van der Waals surface area (Å²) >= 11 is 0. The van der Waals surface area contributed by atoms with Gasteiger partial charge in [0.05, 0.1) is 17.3 Å². The van der Waals surface area contributed by atoms with Gasteiger partial charge in [0.1, 0.15) is 5.84 Å². The average Bonchev–Trinajstić information content (AvgIpc) is 4.29. The number of aliphatic imine (C=N–C) groups is 1. The van der Waals surface area contributed by atoms with Crippen LogP contribution in [0.3, 0.4) is 0 Å². The molecule has 8 nitrogen and oxygen atoms in total. The molecule has 386 valence electrons. The Hall–Kier alpha value is -9.50. The molecule has 4 aliphatic carbocycles. The van der Waals surface area contributed by atoms with Gasteiger partial charge < -0.3 is 19.8 Å². The van der Waals surface area contributed by atoms with Gasteiger partial charge in [-0.3, -0.25) is 4.99 Å². The minimum atomic E-state index is -0.412. The fourth-order valence-electron chi connectivity index (χ4n) is 12.9. The molecule has 7 aromatic carbocycles. The van der Waals surface area contributed by atoms with Gasteiger partial charge in [-0.25, -0.2) is 15.0 Å². The van der Waals surface area contributed by atoms with Crippen LogP contribution >= 0.6 is 0 Å². The second kappa shape index (κ2) is 20.4. The van der Waals surface area contributed by atoms with E-state index in [9.17, 15) is 0 Å². The highest BCUT2D eigenvalue weighted by molar-refractivity contribution is 6.07. The van der Waals surface area contributed by atoms with E-state index in [1.807, 2.05) is 6.07 Å². The van der Waals surface area contributed by atoms with Crippen LogP contribution in [0.5, 0.6) is 0 Å². The highest BCUT2D eigenvalue weighted by atomic mass is 15.3. The summed E-state index contributed by atoms with van der Waals surface area (Å²) in [6, 6.07) is 69.1. The summed E-state index contributed by atoms with van der Waals surface area (Å²) in [7, 11) is 0. The highest BCUT2D eigenvalue weighted by Gasteiger charge is 2.36. The number of allylic oxidation sites excluding steroid dienone is 9. The average molecular weight is 1030 g/mol. The summed E-state index contributed by atoms with van der Waals surface area (Å²) < 4.78 is 5.15. The number of benzene rings is 7. The summed E-state index contributed by atoms with van der Waals surface area (Å²) in [4.78, 5) is 22.0. The van der Waals surface area contributed by atoms with E-state index >= 15 is 0 Å². The minimum absolute atomic E-state index is 0.210. The van der Waals surface area contributed by atoms with Crippen LogP contribution in [0.4, 0.5) is 0 Å². The first-order chi connectivity index (χ1) is 39.7. The van der Waals surface area contributed by atoms with Crippen molar-refractivity contribution in [2.24, 2.45) is 4.99 Å². The van der Waals surface area contributed by atoms with Gasteiger partial charge in [-0.2, -0.15) is 0 Å². The molecule has 0 saturated heterocycles. The van der Waals surface area contributed by atoms with Gasteiger partial charge in [0, 0.05) is 49.9 Å². The van der Waals surface area contributed by atoms with E-state index < -0.39 is 6.17 Å². The van der Waals surface area contributed by atoms with Crippen molar-refractivity contribution in [3.05, 3.63) is 287 Å². The van der Waals surface area contributed by atoms with Gasteiger partial charge in [-0.1, -0.05) is 212 Å². The highest BCUT2D eigenvalue weighted by Crippen LogP contribution is 2.51. The molecule has 0 radical (unpaired) electrons. The number of nitrogens with one attached hydrogen (secondary N) is 1. The van der Waals surface area contributed by atoms with Crippen LogP contribution in [-0.4, -0.2) is 36.1 Å². The summed E-state index contributed by atoms with van der Waals surface area (Å²) in [5, 5.41) is 12.1. The second-order valence-corrected chi connectivity index (χ2v) is 21.4. The molecular formula is C72H57N8-. The fraction of sp³-hybridized carbons (Fsp3) is 0.139. The van der Waals surface area contributed by atoms with Crippen LogP contribution in [0.15, 0.2) is 253 Å². The van der Waals surface area contributed by atoms with Crippen molar-refractivity contribution in [2.45, 2.75) is 63.3 Å². The van der Waals surface area contributed by atoms with Crippen molar-refractivity contribution in [1.29, 1.82) is 0 Å². The maximum Gasteiger partial charge on any atom is 0.164 e. The van der Waals surface area contributed by atoms with Crippen LogP contribution in [0.1, 0.15) is 78.3 Å². The smallest absolute Gasteiger partial charge is 0.164 e. The van der Waals surface area contributed by atoms with E-state index in [0.717, 1.165) is 83.3 Å². The summed E-state index contributed by atoms with van der Waals surface area (Å²) in [6.45, 7) is 0. The van der Waals surface area contributed by atoms with Gasteiger partial charge in [-0.15, -0.1) is 0 Å². The quantitative estimate of drug-likeness (QED) is 0.148. The lowest BCUT2D eigenvalue weighted by molar-refractivity contribution is 0.629. The third-order valence-electron chi connectivity index (χ3n) is 16.7. The molecule has 0 amide bonds. The topological polar surface area (TPSA) is 87.0 Å². The van der Waals surface area contributed by atoms with Crippen molar-refractivity contribution < 1.29 is 0 Å². The van der Waals surface area contributed by atoms with Gasteiger partial charge in [-0.05, 0) is 127 Å². The molecular weight excluding hydrogens is 977 g/mol. The summed E-state index contributed by atoms with van der Waals surface area (Å²) in [5.74, 6) is 2.82. The zero-order chi connectivity index (χ0) is 52.9. The number of rotatable bonds is 10. The molecule has 4 heterocycles. The third kappa shape index (κ3) is 8.51. The molecule has 80 heavy (non-hydrogen) atoms. The Kier molecular flexibility index (Phi) is 12.1. The van der Waals surface area contributed by atoms with Crippen LogP contribution in [0.2, 0.25) is 0 Å². The van der Waals surface area contributed by atoms with Crippen LogP contribution in [0, 0.1) is 0 Å². The largest absolute Gasteiger partial charge is 0.613 e. The first kappa shape index (κ1) is 47.7. The molecule has 0 saturated carbocycles. The first-order valence-electron chi connectivity index (χ1n) is 28.2. The molecule has 0 spiro atoms. The Morgan fingerprint density at radius 1 is 0.537 bits per heavy atom. The van der Waals surface area contributed by atoms with Gasteiger partial charge in [0.25, 0.3) is 0 Å². The Morgan fingerprint density at radius 2 is 1.21 bits per heavy atom. The Labute approximate surface area is 466 Å². The Balaban J connectivity index is 0.941. The maximum absolute atomic E-state index is 5.64. The maximum atomic E-state index is 5.64.